The maximum absolute atomic E-state index is 6.02. The highest BCUT2D eigenvalue weighted by Gasteiger charge is 2.04. The van der Waals surface area contributed by atoms with Gasteiger partial charge in [-0.15, -0.1) is 0 Å². The molecule has 1 aromatic carbocycles. The van der Waals surface area contributed by atoms with Crippen LogP contribution in [0.5, 0.6) is 0 Å². The number of nitrogens with one attached hydrogen (secondary N) is 1. The lowest BCUT2D eigenvalue weighted by Crippen LogP contribution is -2.10. The van der Waals surface area contributed by atoms with Gasteiger partial charge in [0.25, 0.3) is 0 Å². The maximum Gasteiger partial charge on any atom is 0.0583 e. The van der Waals surface area contributed by atoms with Crippen LogP contribution >= 0.6 is 23.1 Å². The van der Waals surface area contributed by atoms with Crippen molar-refractivity contribution in [3.63, 3.8) is 0 Å². The van der Waals surface area contributed by atoms with E-state index in [-0.39, 0.29) is 0 Å². The first kappa shape index (κ1) is 9.90. The van der Waals surface area contributed by atoms with Crippen LogP contribution in [0.1, 0.15) is 5.56 Å². The normalized spacial score (nSPS) is 11.0. The Morgan fingerprint density at radius 3 is 3.14 bits per heavy atom. The van der Waals surface area contributed by atoms with Gasteiger partial charge in [-0.3, -0.25) is 0 Å². The summed E-state index contributed by atoms with van der Waals surface area (Å²) in [5, 5.41) is 5.08. The number of halogens is 1. The third kappa shape index (κ3) is 1.90. The Balaban J connectivity index is 2.44. The molecule has 2 aromatic rings. The second-order valence-corrected chi connectivity index (χ2v) is 4.40. The molecule has 1 heterocycles. The van der Waals surface area contributed by atoms with Gasteiger partial charge in [0.15, 0.2) is 0 Å². The molecule has 2 nitrogen and oxygen atoms in total. The third-order valence-corrected chi connectivity index (χ3v) is 3.25. The van der Waals surface area contributed by atoms with E-state index in [1.165, 1.54) is 21.8 Å². The summed E-state index contributed by atoms with van der Waals surface area (Å²) in [6.45, 7) is 0.966. The standard InChI is InChI=1S/C10H11ClN2S/c1-12-3-2-7-4-9(11)5-8-6-13-14-10(7)8/h4-6,12H,2-3H2,1H3. The lowest BCUT2D eigenvalue weighted by molar-refractivity contribution is 0.795. The van der Waals surface area contributed by atoms with E-state index in [1.807, 2.05) is 25.4 Å². The number of aromatic nitrogens is 1. The average molecular weight is 227 g/mol. The Kier molecular flexibility index (Phi) is 3.01. The van der Waals surface area contributed by atoms with E-state index in [1.54, 1.807) is 0 Å². The van der Waals surface area contributed by atoms with E-state index >= 15 is 0 Å². The molecule has 0 radical (unpaired) electrons. The van der Waals surface area contributed by atoms with Gasteiger partial charge < -0.3 is 5.32 Å². The van der Waals surface area contributed by atoms with Crippen LogP contribution in [-0.2, 0) is 6.42 Å². The van der Waals surface area contributed by atoms with Gasteiger partial charge >= 0.3 is 0 Å². The summed E-state index contributed by atoms with van der Waals surface area (Å²) in [7, 11) is 1.95. The molecule has 0 aliphatic heterocycles. The number of rotatable bonds is 3. The highest BCUT2D eigenvalue weighted by molar-refractivity contribution is 7.13. The molecular weight excluding hydrogens is 216 g/mol. The fourth-order valence-electron chi connectivity index (χ4n) is 1.46. The van der Waals surface area contributed by atoms with Crippen LogP contribution in [0.25, 0.3) is 10.1 Å². The highest BCUT2D eigenvalue weighted by Crippen LogP contribution is 2.26. The molecule has 4 heteroatoms. The lowest BCUT2D eigenvalue weighted by atomic mass is 10.1. The molecule has 0 saturated heterocycles. The molecule has 0 amide bonds. The molecule has 14 heavy (non-hydrogen) atoms. The Morgan fingerprint density at radius 2 is 2.36 bits per heavy atom. The summed E-state index contributed by atoms with van der Waals surface area (Å²) in [5.74, 6) is 0. The molecule has 2 rings (SSSR count). The predicted molar refractivity (Wildman–Crippen MR) is 62.3 cm³/mol. The van der Waals surface area contributed by atoms with E-state index < -0.39 is 0 Å². The Morgan fingerprint density at radius 1 is 1.50 bits per heavy atom. The van der Waals surface area contributed by atoms with Crippen molar-refractivity contribution in [2.24, 2.45) is 0 Å². The van der Waals surface area contributed by atoms with Crippen molar-refractivity contribution in [1.82, 2.24) is 9.69 Å². The number of hydrogen-bond donors (Lipinski definition) is 1. The van der Waals surface area contributed by atoms with Crippen molar-refractivity contribution < 1.29 is 0 Å². The quantitative estimate of drug-likeness (QED) is 0.871. The van der Waals surface area contributed by atoms with Crippen LogP contribution in [0.2, 0.25) is 5.02 Å². The first-order valence-corrected chi connectivity index (χ1v) is 5.64. The molecule has 0 aliphatic rings. The van der Waals surface area contributed by atoms with Crippen LogP contribution in [-0.4, -0.2) is 18.0 Å². The maximum atomic E-state index is 6.02. The molecule has 0 fully saturated rings. The minimum atomic E-state index is 0.795. The van der Waals surface area contributed by atoms with Crippen molar-refractivity contribution in [3.8, 4) is 0 Å². The number of fused-ring (bicyclic) bond motifs is 1. The van der Waals surface area contributed by atoms with Gasteiger partial charge in [-0.05, 0) is 49.2 Å². The summed E-state index contributed by atoms with van der Waals surface area (Å²) >= 11 is 7.55. The van der Waals surface area contributed by atoms with Crippen molar-refractivity contribution >= 4 is 33.2 Å². The van der Waals surface area contributed by atoms with Crippen molar-refractivity contribution in [3.05, 3.63) is 28.9 Å². The number of nitrogens with zero attached hydrogens (tertiary/aromatic N) is 1. The van der Waals surface area contributed by atoms with E-state index in [9.17, 15) is 0 Å². The van der Waals surface area contributed by atoms with Crippen molar-refractivity contribution in [2.75, 3.05) is 13.6 Å². The number of hydrogen-bond acceptors (Lipinski definition) is 3. The first-order chi connectivity index (χ1) is 6.81. The van der Waals surface area contributed by atoms with E-state index in [4.69, 9.17) is 11.6 Å². The van der Waals surface area contributed by atoms with E-state index in [0.29, 0.717) is 0 Å². The van der Waals surface area contributed by atoms with Gasteiger partial charge in [-0.25, -0.2) is 0 Å². The largest absolute Gasteiger partial charge is 0.319 e. The summed E-state index contributed by atoms with van der Waals surface area (Å²) in [4.78, 5) is 0. The van der Waals surface area contributed by atoms with Gasteiger partial charge in [-0.1, -0.05) is 11.6 Å². The van der Waals surface area contributed by atoms with Crippen LogP contribution < -0.4 is 5.32 Å². The Hall–Kier alpha value is -0.640. The zero-order valence-corrected chi connectivity index (χ0v) is 9.45. The molecule has 1 N–H and O–H groups in total. The Bertz CT molecular complexity index is 439. The van der Waals surface area contributed by atoms with Gasteiger partial charge in [0, 0.05) is 16.6 Å². The highest BCUT2D eigenvalue weighted by atomic mass is 35.5. The molecule has 0 spiro atoms. The molecule has 0 aliphatic carbocycles. The topological polar surface area (TPSA) is 24.9 Å². The first-order valence-electron chi connectivity index (χ1n) is 4.48. The minimum Gasteiger partial charge on any atom is -0.319 e. The summed E-state index contributed by atoms with van der Waals surface area (Å²) in [6, 6.07) is 3.99. The molecule has 0 atom stereocenters. The Labute approximate surface area is 92.1 Å². The van der Waals surface area contributed by atoms with Gasteiger partial charge in [0.2, 0.25) is 0 Å². The smallest absolute Gasteiger partial charge is 0.0583 e. The van der Waals surface area contributed by atoms with Crippen molar-refractivity contribution in [2.45, 2.75) is 6.42 Å². The van der Waals surface area contributed by atoms with Crippen LogP contribution in [0.4, 0.5) is 0 Å². The molecule has 0 unspecified atom stereocenters. The van der Waals surface area contributed by atoms with Gasteiger partial charge in [0.1, 0.15) is 0 Å². The zero-order valence-electron chi connectivity index (χ0n) is 7.88. The summed E-state index contributed by atoms with van der Waals surface area (Å²) in [5.41, 5.74) is 1.28. The van der Waals surface area contributed by atoms with Crippen LogP contribution in [0, 0.1) is 0 Å². The predicted octanol–water partition coefficient (Wildman–Crippen LogP) is 2.71. The van der Waals surface area contributed by atoms with Gasteiger partial charge in [-0.2, -0.15) is 4.37 Å². The number of likely N-dealkylation sites (N-methyl/N-ethyl adjacent to an activating group) is 1. The molecule has 1 aromatic heterocycles. The monoisotopic (exact) mass is 226 g/mol. The summed E-state index contributed by atoms with van der Waals surface area (Å²) < 4.78 is 5.43. The molecule has 74 valence electrons. The SMILES string of the molecule is CNCCc1cc(Cl)cc2cnsc12. The second kappa shape index (κ2) is 4.26. The average Bonchev–Trinajstić information content (AvgIpc) is 2.61. The minimum absolute atomic E-state index is 0.795. The van der Waals surface area contributed by atoms with E-state index in [2.05, 4.69) is 9.69 Å². The fraction of sp³-hybridized carbons (Fsp3) is 0.300. The fourth-order valence-corrected chi connectivity index (χ4v) is 2.48. The molecule has 0 bridgehead atoms. The third-order valence-electron chi connectivity index (χ3n) is 2.14. The number of benzene rings is 1. The van der Waals surface area contributed by atoms with Crippen LogP contribution in [0.3, 0.4) is 0 Å². The van der Waals surface area contributed by atoms with Gasteiger partial charge in [0.05, 0.1) is 4.70 Å². The van der Waals surface area contributed by atoms with Crippen molar-refractivity contribution in [1.29, 1.82) is 0 Å². The summed E-state index contributed by atoms with van der Waals surface area (Å²) in [6.07, 6.45) is 2.87. The van der Waals surface area contributed by atoms with Crippen LogP contribution in [0.15, 0.2) is 18.3 Å². The lowest BCUT2D eigenvalue weighted by Gasteiger charge is -2.02. The molecule has 0 saturated carbocycles. The van der Waals surface area contributed by atoms with E-state index in [0.717, 1.165) is 23.4 Å². The second-order valence-electron chi connectivity index (χ2n) is 3.16. The zero-order chi connectivity index (χ0) is 9.97. The molecular formula is C10H11ClN2S.